The maximum atomic E-state index is 12.3. The maximum Gasteiger partial charge on any atom is 0.324 e. The van der Waals surface area contributed by atoms with Gasteiger partial charge in [0, 0.05) is 0 Å². The molecular weight excluding hydrogens is 398 g/mol. The zero-order valence-corrected chi connectivity index (χ0v) is 15.7. The van der Waals surface area contributed by atoms with Crippen molar-refractivity contribution in [2.75, 3.05) is 13.4 Å². The van der Waals surface area contributed by atoms with Crippen LogP contribution in [0.3, 0.4) is 0 Å². The Morgan fingerprint density at radius 2 is 1.79 bits per heavy atom. The average Bonchev–Trinajstić information content (AvgIpc) is 2.53. The summed E-state index contributed by atoms with van der Waals surface area (Å²) >= 11 is 3.14. The van der Waals surface area contributed by atoms with E-state index in [0.717, 1.165) is 22.3 Å². The highest BCUT2D eigenvalue weighted by molar-refractivity contribution is 9.10. The molecule has 1 heterocycles. The van der Waals surface area contributed by atoms with Gasteiger partial charge in [-0.15, -0.1) is 4.73 Å². The van der Waals surface area contributed by atoms with Crippen molar-refractivity contribution in [2.45, 2.75) is 6.92 Å². The lowest BCUT2D eigenvalue weighted by Crippen LogP contribution is -2.32. The van der Waals surface area contributed by atoms with Crippen LogP contribution in [0.2, 0.25) is 0 Å². The second-order valence-corrected chi connectivity index (χ2v) is 7.40. The van der Waals surface area contributed by atoms with Gasteiger partial charge in [0.25, 0.3) is 5.56 Å². The van der Waals surface area contributed by atoms with Crippen LogP contribution in [-0.2, 0) is 10.1 Å². The summed E-state index contributed by atoms with van der Waals surface area (Å²) in [5.41, 5.74) is 1.24. The number of aromatic nitrogens is 1. The number of hydrogen-bond acceptors (Lipinski definition) is 5. The summed E-state index contributed by atoms with van der Waals surface area (Å²) in [4.78, 5) is 12.3. The Morgan fingerprint density at radius 1 is 1.17 bits per heavy atom. The molecule has 6 nitrogen and oxygen atoms in total. The third-order valence-electron chi connectivity index (χ3n) is 3.09. The van der Waals surface area contributed by atoms with Gasteiger partial charge < -0.3 is 4.74 Å². The highest BCUT2D eigenvalue weighted by Crippen LogP contribution is 2.16. The molecular formula is C16H16BrNO5S. The van der Waals surface area contributed by atoms with Crippen molar-refractivity contribution in [3.63, 3.8) is 0 Å². The molecule has 0 saturated heterocycles. The molecule has 0 spiro atoms. The molecule has 0 aliphatic carbocycles. The molecule has 0 atom stereocenters. The van der Waals surface area contributed by atoms with E-state index in [0.29, 0.717) is 11.3 Å². The van der Waals surface area contributed by atoms with E-state index in [1.54, 1.807) is 44.4 Å². The normalized spacial score (nSPS) is 11.7. The molecule has 0 radical (unpaired) electrons. The fourth-order valence-corrected chi connectivity index (χ4v) is 2.64. The number of hydrogen-bond donors (Lipinski definition) is 0. The molecule has 0 bridgehead atoms. The van der Waals surface area contributed by atoms with E-state index >= 15 is 0 Å². The summed E-state index contributed by atoms with van der Waals surface area (Å²) in [6.07, 6.45) is 4.22. The molecule has 0 fully saturated rings. The number of methoxy groups -OCH3 is 1. The van der Waals surface area contributed by atoms with Gasteiger partial charge in [0.1, 0.15) is 5.75 Å². The molecule has 0 aliphatic rings. The molecule has 0 N–H and O–H groups in total. The number of aryl methyl sites for hydroxylation is 1. The lowest BCUT2D eigenvalue weighted by molar-refractivity contribution is 0.266. The Balaban J connectivity index is 2.48. The molecule has 0 aliphatic heterocycles. The van der Waals surface area contributed by atoms with Gasteiger partial charge in [0.15, 0.2) is 0 Å². The fraction of sp³-hybridized carbons (Fsp3) is 0.188. The van der Waals surface area contributed by atoms with Crippen LogP contribution in [0.5, 0.6) is 5.75 Å². The summed E-state index contributed by atoms with van der Waals surface area (Å²) in [6.45, 7) is 1.74. The first-order chi connectivity index (χ1) is 11.2. The quantitative estimate of drug-likeness (QED) is 0.752. The fourth-order valence-electron chi connectivity index (χ4n) is 1.94. The second kappa shape index (κ2) is 7.23. The zero-order chi connectivity index (χ0) is 17.9. The van der Waals surface area contributed by atoms with Gasteiger partial charge in [-0.25, -0.2) is 0 Å². The Bertz CT molecular complexity index is 930. The van der Waals surface area contributed by atoms with E-state index in [9.17, 15) is 13.2 Å². The Hall–Kier alpha value is -2.06. The number of rotatable bonds is 5. The topological polar surface area (TPSA) is 74.6 Å². The van der Waals surface area contributed by atoms with Crippen LogP contribution >= 0.6 is 15.9 Å². The van der Waals surface area contributed by atoms with Gasteiger partial charge in [-0.05, 0) is 58.3 Å². The SMILES string of the molecule is COc1ccc(C=Cc2cc(C)c(Br)c(=O)n2OS(C)(=O)=O)cc1. The van der Waals surface area contributed by atoms with Crippen molar-refractivity contribution in [3.8, 4) is 5.75 Å². The molecule has 0 saturated carbocycles. The van der Waals surface area contributed by atoms with Crippen LogP contribution in [0.15, 0.2) is 39.6 Å². The third kappa shape index (κ3) is 4.48. The molecule has 2 aromatic rings. The van der Waals surface area contributed by atoms with Crippen molar-refractivity contribution in [2.24, 2.45) is 0 Å². The maximum absolute atomic E-state index is 12.3. The lowest BCUT2D eigenvalue weighted by atomic mass is 10.1. The number of nitrogens with zero attached hydrogens (tertiary/aromatic N) is 1. The smallest absolute Gasteiger partial charge is 0.324 e. The van der Waals surface area contributed by atoms with Gasteiger partial charge in [-0.1, -0.05) is 18.2 Å². The molecule has 1 aromatic heterocycles. The van der Waals surface area contributed by atoms with Crippen LogP contribution < -0.4 is 14.6 Å². The lowest BCUT2D eigenvalue weighted by Gasteiger charge is -2.11. The number of benzene rings is 1. The largest absolute Gasteiger partial charge is 0.497 e. The van der Waals surface area contributed by atoms with E-state index < -0.39 is 15.7 Å². The molecule has 1 aromatic carbocycles. The summed E-state index contributed by atoms with van der Waals surface area (Å²) in [7, 11) is -2.27. The number of ether oxygens (including phenoxy) is 1. The van der Waals surface area contributed by atoms with Crippen molar-refractivity contribution in [3.05, 3.63) is 62.0 Å². The summed E-state index contributed by atoms with van der Waals surface area (Å²) in [5, 5.41) is 0. The predicted octanol–water partition coefficient (Wildman–Crippen LogP) is 2.49. The highest BCUT2D eigenvalue weighted by Gasteiger charge is 2.14. The van der Waals surface area contributed by atoms with Crippen molar-refractivity contribution < 1.29 is 17.4 Å². The van der Waals surface area contributed by atoms with Gasteiger partial charge in [-0.2, -0.15) is 8.42 Å². The Kier molecular flexibility index (Phi) is 5.51. The second-order valence-electron chi connectivity index (χ2n) is 5.05. The summed E-state index contributed by atoms with van der Waals surface area (Å²) < 4.78 is 33.7. The molecule has 2 rings (SSSR count). The highest BCUT2D eigenvalue weighted by atomic mass is 79.9. The van der Waals surface area contributed by atoms with Gasteiger partial charge in [0.05, 0.1) is 23.5 Å². The first-order valence-corrected chi connectivity index (χ1v) is 9.46. The first-order valence-electron chi connectivity index (χ1n) is 6.85. The van der Waals surface area contributed by atoms with Gasteiger partial charge in [0.2, 0.25) is 0 Å². The minimum Gasteiger partial charge on any atom is -0.497 e. The molecule has 8 heteroatoms. The molecule has 0 unspecified atom stereocenters. The van der Waals surface area contributed by atoms with Crippen molar-refractivity contribution in [1.29, 1.82) is 0 Å². The molecule has 0 amide bonds. The minimum absolute atomic E-state index is 0.243. The van der Waals surface area contributed by atoms with Crippen molar-refractivity contribution in [1.82, 2.24) is 4.73 Å². The van der Waals surface area contributed by atoms with E-state index in [1.807, 2.05) is 12.1 Å². The van der Waals surface area contributed by atoms with Gasteiger partial charge in [-0.3, -0.25) is 9.08 Å². The van der Waals surface area contributed by atoms with Gasteiger partial charge >= 0.3 is 10.1 Å². The summed E-state index contributed by atoms with van der Waals surface area (Å²) in [6, 6.07) is 8.91. The standard InChI is InChI=1S/C16H16BrNO5S/c1-11-10-13(7-4-12-5-8-14(22-2)9-6-12)18(16(19)15(11)17)23-24(3,20)21/h4-10H,1-3H3. The van der Waals surface area contributed by atoms with Crippen LogP contribution in [-0.4, -0.2) is 26.5 Å². The minimum atomic E-state index is -3.85. The van der Waals surface area contributed by atoms with Crippen LogP contribution in [0.25, 0.3) is 12.2 Å². The van der Waals surface area contributed by atoms with E-state index in [-0.39, 0.29) is 4.47 Å². The first kappa shape index (κ1) is 18.3. The average molecular weight is 414 g/mol. The van der Waals surface area contributed by atoms with Crippen LogP contribution in [0.1, 0.15) is 16.8 Å². The van der Waals surface area contributed by atoms with Crippen molar-refractivity contribution >= 4 is 38.2 Å². The van der Waals surface area contributed by atoms with Crippen LogP contribution in [0, 0.1) is 6.92 Å². The molecule has 128 valence electrons. The zero-order valence-electron chi connectivity index (χ0n) is 13.3. The monoisotopic (exact) mass is 413 g/mol. The van der Waals surface area contributed by atoms with E-state index in [1.165, 1.54) is 0 Å². The molecule has 24 heavy (non-hydrogen) atoms. The number of pyridine rings is 1. The van der Waals surface area contributed by atoms with Crippen LogP contribution in [0.4, 0.5) is 0 Å². The predicted molar refractivity (Wildman–Crippen MR) is 96.5 cm³/mol. The number of halogens is 1. The summed E-state index contributed by atoms with van der Waals surface area (Å²) in [5.74, 6) is 0.726. The Labute approximate surface area is 148 Å². The third-order valence-corrected chi connectivity index (χ3v) is 4.47. The van der Waals surface area contributed by atoms with E-state index in [4.69, 9.17) is 9.02 Å². The van der Waals surface area contributed by atoms with E-state index in [2.05, 4.69) is 15.9 Å². The Morgan fingerprint density at radius 3 is 2.33 bits per heavy atom.